The van der Waals surface area contributed by atoms with Gasteiger partial charge in [0.2, 0.25) is 5.91 Å². The van der Waals surface area contributed by atoms with Gasteiger partial charge in [0.1, 0.15) is 0 Å². The molecule has 0 aromatic rings. The van der Waals surface area contributed by atoms with Crippen LogP contribution in [0.15, 0.2) is 0 Å². The second kappa shape index (κ2) is 5.32. The van der Waals surface area contributed by atoms with Crippen molar-refractivity contribution < 1.29 is 4.79 Å². The smallest absolute Gasteiger partial charge is 0.218 e. The fraction of sp³-hybridized carbons (Fsp3) is 0.900. The number of carbonyl (C=O) groups excluding carboxylic acids is 1. The molecule has 82 valence electrons. The van der Waals surface area contributed by atoms with Gasteiger partial charge in [-0.15, -0.1) is 0 Å². The minimum Gasteiger partial charge on any atom is -0.370 e. The molecule has 2 N–H and O–H groups in total. The highest BCUT2D eigenvalue weighted by atomic mass is 16.1. The van der Waals surface area contributed by atoms with Gasteiger partial charge in [0.05, 0.1) is 0 Å². The molecule has 0 aromatic heterocycles. The predicted octanol–water partition coefficient (Wildman–Crippen LogP) is -0.112. The Labute approximate surface area is 86.0 Å². The third-order valence-electron chi connectivity index (χ3n) is 2.93. The average molecular weight is 199 g/mol. The molecule has 4 heteroatoms. The first kappa shape index (κ1) is 11.5. The van der Waals surface area contributed by atoms with E-state index in [0.717, 1.165) is 13.1 Å². The maximum atomic E-state index is 10.6. The summed E-state index contributed by atoms with van der Waals surface area (Å²) in [6.45, 7) is 3.09. The summed E-state index contributed by atoms with van der Waals surface area (Å²) in [5, 5.41) is 0. The Bertz CT molecular complexity index is 196. The van der Waals surface area contributed by atoms with Gasteiger partial charge in [0, 0.05) is 25.6 Å². The van der Waals surface area contributed by atoms with Crippen LogP contribution in [0.25, 0.3) is 0 Å². The maximum absolute atomic E-state index is 10.6. The molecule has 1 rings (SSSR count). The number of nitrogens with zero attached hydrogens (tertiary/aromatic N) is 2. The molecular formula is C10H21N3O. The van der Waals surface area contributed by atoms with Crippen LogP contribution < -0.4 is 5.73 Å². The van der Waals surface area contributed by atoms with E-state index in [-0.39, 0.29) is 5.91 Å². The zero-order valence-electron chi connectivity index (χ0n) is 9.20. The van der Waals surface area contributed by atoms with E-state index >= 15 is 0 Å². The quantitative estimate of drug-likeness (QED) is 0.687. The summed E-state index contributed by atoms with van der Waals surface area (Å²) in [4.78, 5) is 15.2. The predicted molar refractivity (Wildman–Crippen MR) is 57.0 cm³/mol. The van der Waals surface area contributed by atoms with Crippen LogP contribution in [-0.2, 0) is 4.79 Å². The third-order valence-corrected chi connectivity index (χ3v) is 2.93. The Kier molecular flexibility index (Phi) is 4.35. The number of rotatable bonds is 4. The number of hydrogen-bond acceptors (Lipinski definition) is 3. The summed E-state index contributed by atoms with van der Waals surface area (Å²) < 4.78 is 0. The molecule has 0 bridgehead atoms. The zero-order chi connectivity index (χ0) is 10.6. The van der Waals surface area contributed by atoms with E-state index in [9.17, 15) is 4.79 Å². The van der Waals surface area contributed by atoms with E-state index in [1.54, 1.807) is 0 Å². The Balaban J connectivity index is 2.28. The molecule has 1 unspecified atom stereocenters. The summed E-state index contributed by atoms with van der Waals surface area (Å²) >= 11 is 0. The molecule has 0 saturated carbocycles. The van der Waals surface area contributed by atoms with Crippen molar-refractivity contribution in [3.63, 3.8) is 0 Å². The number of piperidine rings is 1. The topological polar surface area (TPSA) is 49.6 Å². The number of likely N-dealkylation sites (tertiary alicyclic amines) is 1. The van der Waals surface area contributed by atoms with Crippen LogP contribution in [0.1, 0.15) is 19.3 Å². The van der Waals surface area contributed by atoms with Gasteiger partial charge in [-0.3, -0.25) is 4.79 Å². The summed E-state index contributed by atoms with van der Waals surface area (Å²) in [5.41, 5.74) is 5.12. The third kappa shape index (κ3) is 3.64. The van der Waals surface area contributed by atoms with Gasteiger partial charge in [0.25, 0.3) is 0 Å². The first-order chi connectivity index (χ1) is 6.59. The van der Waals surface area contributed by atoms with Gasteiger partial charge in [-0.1, -0.05) is 0 Å². The second-order valence-electron chi connectivity index (χ2n) is 4.26. The van der Waals surface area contributed by atoms with E-state index in [0.29, 0.717) is 12.5 Å². The molecule has 0 aliphatic carbocycles. The number of nitrogens with two attached hydrogens (primary N) is 1. The maximum Gasteiger partial charge on any atom is 0.218 e. The number of likely N-dealkylation sites (N-methyl/N-ethyl adjacent to an activating group) is 2. The van der Waals surface area contributed by atoms with Crippen molar-refractivity contribution in [1.82, 2.24) is 9.80 Å². The molecule has 1 amide bonds. The Morgan fingerprint density at radius 3 is 2.93 bits per heavy atom. The standard InChI is InChI=1S/C10H21N3O/c1-12-6-3-4-9(8-12)13(2)7-5-10(11)14/h9H,3-8H2,1-2H3,(H2,11,14). The molecule has 0 radical (unpaired) electrons. The van der Waals surface area contributed by atoms with E-state index in [1.807, 2.05) is 0 Å². The molecule has 0 spiro atoms. The van der Waals surface area contributed by atoms with Crippen molar-refractivity contribution in [2.24, 2.45) is 5.73 Å². The Hall–Kier alpha value is -0.610. The number of carbonyl (C=O) groups is 1. The molecule has 1 saturated heterocycles. The van der Waals surface area contributed by atoms with Crippen LogP contribution in [0, 0.1) is 0 Å². The normalized spacial score (nSPS) is 24.1. The van der Waals surface area contributed by atoms with Crippen molar-refractivity contribution in [2.45, 2.75) is 25.3 Å². The first-order valence-electron chi connectivity index (χ1n) is 5.26. The molecule has 4 nitrogen and oxygen atoms in total. The van der Waals surface area contributed by atoms with E-state index < -0.39 is 0 Å². The molecule has 1 aliphatic rings. The Morgan fingerprint density at radius 2 is 2.36 bits per heavy atom. The summed E-state index contributed by atoms with van der Waals surface area (Å²) in [7, 11) is 4.22. The zero-order valence-corrected chi connectivity index (χ0v) is 9.20. The van der Waals surface area contributed by atoms with E-state index in [2.05, 4.69) is 23.9 Å². The number of hydrogen-bond donors (Lipinski definition) is 1. The fourth-order valence-corrected chi connectivity index (χ4v) is 1.97. The summed E-state index contributed by atoms with van der Waals surface area (Å²) in [6.07, 6.45) is 2.96. The van der Waals surface area contributed by atoms with Crippen molar-refractivity contribution in [3.8, 4) is 0 Å². The van der Waals surface area contributed by atoms with Gasteiger partial charge < -0.3 is 15.5 Å². The molecular weight excluding hydrogens is 178 g/mol. The van der Waals surface area contributed by atoms with Crippen molar-refractivity contribution in [1.29, 1.82) is 0 Å². The molecule has 1 heterocycles. The van der Waals surface area contributed by atoms with Gasteiger partial charge in [-0.25, -0.2) is 0 Å². The molecule has 14 heavy (non-hydrogen) atoms. The highest BCUT2D eigenvalue weighted by molar-refractivity contribution is 5.73. The summed E-state index contributed by atoms with van der Waals surface area (Å²) in [5.74, 6) is -0.207. The molecule has 1 atom stereocenters. The lowest BCUT2D eigenvalue weighted by atomic mass is 10.1. The lowest BCUT2D eigenvalue weighted by Crippen LogP contribution is -2.45. The van der Waals surface area contributed by atoms with Crippen LogP contribution in [0.3, 0.4) is 0 Å². The monoisotopic (exact) mass is 199 g/mol. The molecule has 1 aliphatic heterocycles. The highest BCUT2D eigenvalue weighted by Gasteiger charge is 2.20. The minimum absolute atomic E-state index is 0.207. The van der Waals surface area contributed by atoms with Gasteiger partial charge in [-0.2, -0.15) is 0 Å². The fourth-order valence-electron chi connectivity index (χ4n) is 1.97. The molecule has 0 aromatic carbocycles. The second-order valence-corrected chi connectivity index (χ2v) is 4.26. The van der Waals surface area contributed by atoms with Crippen LogP contribution in [-0.4, -0.2) is 55.5 Å². The van der Waals surface area contributed by atoms with Crippen LogP contribution in [0.4, 0.5) is 0 Å². The largest absolute Gasteiger partial charge is 0.370 e. The minimum atomic E-state index is -0.207. The highest BCUT2D eigenvalue weighted by Crippen LogP contribution is 2.13. The van der Waals surface area contributed by atoms with Crippen LogP contribution in [0.2, 0.25) is 0 Å². The molecule has 1 fully saturated rings. The summed E-state index contributed by atoms with van der Waals surface area (Å²) in [6, 6.07) is 0.591. The van der Waals surface area contributed by atoms with E-state index in [4.69, 9.17) is 5.73 Å². The van der Waals surface area contributed by atoms with Crippen molar-refractivity contribution in [3.05, 3.63) is 0 Å². The Morgan fingerprint density at radius 1 is 1.64 bits per heavy atom. The average Bonchev–Trinajstić information content (AvgIpc) is 2.14. The first-order valence-corrected chi connectivity index (χ1v) is 5.26. The van der Waals surface area contributed by atoms with Crippen LogP contribution >= 0.6 is 0 Å². The SMILES string of the molecule is CN1CCCC(N(C)CCC(N)=O)C1. The van der Waals surface area contributed by atoms with Gasteiger partial charge >= 0.3 is 0 Å². The van der Waals surface area contributed by atoms with Crippen LogP contribution in [0.5, 0.6) is 0 Å². The lowest BCUT2D eigenvalue weighted by molar-refractivity contribution is -0.118. The van der Waals surface area contributed by atoms with Gasteiger partial charge in [0.15, 0.2) is 0 Å². The van der Waals surface area contributed by atoms with Crippen molar-refractivity contribution >= 4 is 5.91 Å². The van der Waals surface area contributed by atoms with E-state index in [1.165, 1.54) is 19.4 Å². The van der Waals surface area contributed by atoms with Crippen molar-refractivity contribution in [2.75, 3.05) is 33.7 Å². The number of primary amides is 1. The van der Waals surface area contributed by atoms with Gasteiger partial charge in [-0.05, 0) is 33.5 Å². The number of amides is 1. The lowest BCUT2D eigenvalue weighted by Gasteiger charge is -2.35.